The number of benzene rings is 3. The molecule has 2 nitrogen and oxygen atoms in total. The molecular weight excluding hydrogens is 412 g/mol. The molecule has 0 bridgehead atoms. The SMILES string of the molecule is CCCCCCc1nc2c(-c3ccccc3)ccc(-c3ccccc3)c2nc1CCCCCC. The fraction of sp³-hybridized carbons (Fsp3) is 0.375. The Morgan fingerprint density at radius 2 is 0.882 bits per heavy atom. The Hall–Kier alpha value is -3.00. The predicted octanol–water partition coefficient (Wildman–Crippen LogP) is 9.21. The zero-order chi connectivity index (χ0) is 23.6. The van der Waals surface area contributed by atoms with Gasteiger partial charge >= 0.3 is 0 Å². The second-order valence-corrected chi connectivity index (χ2v) is 9.33. The summed E-state index contributed by atoms with van der Waals surface area (Å²) < 4.78 is 0. The lowest BCUT2D eigenvalue weighted by Crippen LogP contribution is -2.05. The molecule has 0 fully saturated rings. The smallest absolute Gasteiger partial charge is 0.0975 e. The van der Waals surface area contributed by atoms with Gasteiger partial charge in [0.15, 0.2) is 0 Å². The Balaban J connectivity index is 1.84. The van der Waals surface area contributed by atoms with Crippen LogP contribution in [0.2, 0.25) is 0 Å². The molecule has 0 aliphatic carbocycles. The molecule has 0 amide bonds. The van der Waals surface area contributed by atoms with Crippen molar-refractivity contribution in [2.24, 2.45) is 0 Å². The average Bonchev–Trinajstić information content (AvgIpc) is 2.89. The van der Waals surface area contributed by atoms with E-state index in [4.69, 9.17) is 9.97 Å². The summed E-state index contributed by atoms with van der Waals surface area (Å²) in [6.45, 7) is 4.54. The number of aromatic nitrogens is 2. The first-order valence-corrected chi connectivity index (χ1v) is 13.2. The monoisotopic (exact) mass is 450 g/mol. The third-order valence-electron chi connectivity index (χ3n) is 6.68. The van der Waals surface area contributed by atoms with Crippen molar-refractivity contribution < 1.29 is 0 Å². The number of unbranched alkanes of at least 4 members (excludes halogenated alkanes) is 6. The van der Waals surface area contributed by atoms with Gasteiger partial charge < -0.3 is 0 Å². The van der Waals surface area contributed by atoms with Crippen LogP contribution in [0.3, 0.4) is 0 Å². The molecule has 1 heterocycles. The van der Waals surface area contributed by atoms with E-state index in [2.05, 4.69) is 86.6 Å². The van der Waals surface area contributed by atoms with Gasteiger partial charge in [0.1, 0.15) is 0 Å². The average molecular weight is 451 g/mol. The van der Waals surface area contributed by atoms with Gasteiger partial charge in [0.2, 0.25) is 0 Å². The summed E-state index contributed by atoms with van der Waals surface area (Å²) in [5, 5.41) is 0. The fourth-order valence-corrected chi connectivity index (χ4v) is 4.75. The van der Waals surface area contributed by atoms with Gasteiger partial charge in [-0.15, -0.1) is 0 Å². The Morgan fingerprint density at radius 3 is 1.26 bits per heavy atom. The molecule has 4 rings (SSSR count). The highest BCUT2D eigenvalue weighted by atomic mass is 14.8. The van der Waals surface area contributed by atoms with Crippen LogP contribution in [0.25, 0.3) is 33.3 Å². The van der Waals surface area contributed by atoms with Crippen molar-refractivity contribution in [3.63, 3.8) is 0 Å². The van der Waals surface area contributed by atoms with Gasteiger partial charge in [-0.25, -0.2) is 9.97 Å². The number of hydrogen-bond acceptors (Lipinski definition) is 2. The van der Waals surface area contributed by atoms with Gasteiger partial charge in [0.05, 0.1) is 22.4 Å². The molecule has 2 heteroatoms. The van der Waals surface area contributed by atoms with E-state index in [1.54, 1.807) is 0 Å². The van der Waals surface area contributed by atoms with Crippen molar-refractivity contribution in [1.29, 1.82) is 0 Å². The largest absolute Gasteiger partial charge is 0.249 e. The second kappa shape index (κ2) is 12.5. The highest BCUT2D eigenvalue weighted by Gasteiger charge is 2.16. The normalized spacial score (nSPS) is 11.2. The molecular formula is C32H38N2. The lowest BCUT2D eigenvalue weighted by molar-refractivity contribution is 0.639. The van der Waals surface area contributed by atoms with Crippen molar-refractivity contribution in [3.8, 4) is 22.3 Å². The van der Waals surface area contributed by atoms with Crippen LogP contribution in [0.4, 0.5) is 0 Å². The molecule has 0 aliphatic heterocycles. The molecule has 0 unspecified atom stereocenters. The number of rotatable bonds is 12. The van der Waals surface area contributed by atoms with E-state index in [1.165, 1.54) is 85.0 Å². The van der Waals surface area contributed by atoms with E-state index in [0.717, 1.165) is 23.9 Å². The molecule has 34 heavy (non-hydrogen) atoms. The third-order valence-corrected chi connectivity index (χ3v) is 6.68. The maximum absolute atomic E-state index is 5.37. The molecule has 0 radical (unpaired) electrons. The Bertz CT molecular complexity index is 1070. The van der Waals surface area contributed by atoms with E-state index < -0.39 is 0 Å². The van der Waals surface area contributed by atoms with E-state index in [0.29, 0.717) is 0 Å². The maximum atomic E-state index is 5.37. The summed E-state index contributed by atoms with van der Waals surface area (Å²) in [6.07, 6.45) is 12.1. The van der Waals surface area contributed by atoms with Crippen molar-refractivity contribution >= 4 is 11.0 Å². The van der Waals surface area contributed by atoms with Gasteiger partial charge in [-0.2, -0.15) is 0 Å². The minimum absolute atomic E-state index is 1.02. The summed E-state index contributed by atoms with van der Waals surface area (Å²) in [4.78, 5) is 10.7. The van der Waals surface area contributed by atoms with Crippen molar-refractivity contribution in [2.45, 2.75) is 78.1 Å². The molecule has 0 aliphatic rings. The molecule has 176 valence electrons. The van der Waals surface area contributed by atoms with Crippen LogP contribution in [0.15, 0.2) is 72.8 Å². The number of nitrogens with zero attached hydrogens (tertiary/aromatic N) is 2. The maximum Gasteiger partial charge on any atom is 0.0975 e. The topological polar surface area (TPSA) is 25.8 Å². The summed E-state index contributed by atoms with van der Waals surface area (Å²) in [6, 6.07) is 25.7. The van der Waals surface area contributed by atoms with E-state index in [-0.39, 0.29) is 0 Å². The molecule has 0 saturated carbocycles. The first kappa shape index (κ1) is 24.1. The van der Waals surface area contributed by atoms with Crippen molar-refractivity contribution in [3.05, 3.63) is 84.2 Å². The number of hydrogen-bond donors (Lipinski definition) is 0. The summed E-state index contributed by atoms with van der Waals surface area (Å²) in [7, 11) is 0. The van der Waals surface area contributed by atoms with E-state index in [1.807, 2.05) is 0 Å². The van der Waals surface area contributed by atoms with Gasteiger partial charge in [0, 0.05) is 11.1 Å². The van der Waals surface area contributed by atoms with Crippen LogP contribution in [0, 0.1) is 0 Å². The highest BCUT2D eigenvalue weighted by molar-refractivity contribution is 6.00. The summed E-state index contributed by atoms with van der Waals surface area (Å²) >= 11 is 0. The molecule has 0 atom stereocenters. The van der Waals surface area contributed by atoms with Crippen LogP contribution >= 0.6 is 0 Å². The molecule has 0 saturated heterocycles. The zero-order valence-corrected chi connectivity index (χ0v) is 20.9. The van der Waals surface area contributed by atoms with Crippen LogP contribution < -0.4 is 0 Å². The lowest BCUT2D eigenvalue weighted by Gasteiger charge is -2.15. The predicted molar refractivity (Wildman–Crippen MR) is 146 cm³/mol. The molecule has 4 aromatic rings. The van der Waals surface area contributed by atoms with E-state index in [9.17, 15) is 0 Å². The van der Waals surface area contributed by atoms with Crippen molar-refractivity contribution in [2.75, 3.05) is 0 Å². The third kappa shape index (κ3) is 5.91. The van der Waals surface area contributed by atoms with Crippen LogP contribution in [0.5, 0.6) is 0 Å². The van der Waals surface area contributed by atoms with Gasteiger partial charge in [-0.1, -0.05) is 125 Å². The van der Waals surface area contributed by atoms with Crippen LogP contribution in [-0.4, -0.2) is 9.97 Å². The van der Waals surface area contributed by atoms with Crippen molar-refractivity contribution in [1.82, 2.24) is 9.97 Å². The van der Waals surface area contributed by atoms with Crippen LogP contribution in [0.1, 0.15) is 76.6 Å². The Morgan fingerprint density at radius 1 is 0.471 bits per heavy atom. The molecule has 1 aromatic heterocycles. The summed E-state index contributed by atoms with van der Waals surface area (Å²) in [5.74, 6) is 0. The Labute approximate surface area is 205 Å². The standard InChI is InChI=1S/C32H38N2/c1-3-5-7-15-21-29-30(22-16-8-6-4-2)34-32-28(26-19-13-10-14-20-26)24-23-27(31(32)33-29)25-17-11-9-12-18-25/h9-14,17-20,23-24H,3-8,15-16,21-22H2,1-2H3. The zero-order valence-electron chi connectivity index (χ0n) is 20.9. The Kier molecular flexibility index (Phi) is 8.84. The van der Waals surface area contributed by atoms with Gasteiger partial charge in [-0.3, -0.25) is 0 Å². The minimum atomic E-state index is 1.02. The second-order valence-electron chi connectivity index (χ2n) is 9.33. The number of fused-ring (bicyclic) bond motifs is 1. The minimum Gasteiger partial charge on any atom is -0.249 e. The summed E-state index contributed by atoms with van der Waals surface area (Å²) in [5.41, 5.74) is 9.25. The number of aryl methyl sites for hydroxylation is 2. The first-order valence-electron chi connectivity index (χ1n) is 13.2. The first-order chi connectivity index (χ1) is 16.8. The van der Waals surface area contributed by atoms with Crippen LogP contribution in [-0.2, 0) is 12.8 Å². The fourth-order valence-electron chi connectivity index (χ4n) is 4.75. The highest BCUT2D eigenvalue weighted by Crippen LogP contribution is 2.34. The quantitative estimate of drug-likeness (QED) is 0.201. The van der Waals surface area contributed by atoms with Gasteiger partial charge in [0.25, 0.3) is 0 Å². The van der Waals surface area contributed by atoms with Gasteiger partial charge in [-0.05, 0) is 36.8 Å². The van der Waals surface area contributed by atoms with E-state index >= 15 is 0 Å². The lowest BCUT2D eigenvalue weighted by atomic mass is 9.96. The molecule has 3 aromatic carbocycles. The molecule has 0 N–H and O–H groups in total. The molecule has 0 spiro atoms.